The molecule has 2 aromatic carbocycles. The Balaban J connectivity index is 2.03. The molecule has 10 heteroatoms. The number of hydrogen-bond donors (Lipinski definition) is 2. The van der Waals surface area contributed by atoms with Crippen LogP contribution < -0.4 is 4.18 Å². The van der Waals surface area contributed by atoms with Gasteiger partial charge in [0, 0.05) is 18.5 Å². The lowest BCUT2D eigenvalue weighted by atomic mass is 9.78. The number of nitrogens with zero attached hydrogens (tertiary/aromatic N) is 1. The summed E-state index contributed by atoms with van der Waals surface area (Å²) in [5.41, 5.74) is 1.53. The van der Waals surface area contributed by atoms with Crippen LogP contribution in [0.3, 0.4) is 0 Å². The van der Waals surface area contributed by atoms with Gasteiger partial charge in [0.15, 0.2) is 0 Å². The molecule has 0 fully saturated rings. The van der Waals surface area contributed by atoms with Crippen LogP contribution in [0.5, 0.6) is 11.5 Å². The second-order valence-electron chi connectivity index (χ2n) is 7.81. The zero-order valence-electron chi connectivity index (χ0n) is 17.9. The van der Waals surface area contributed by atoms with E-state index >= 15 is 0 Å². The summed E-state index contributed by atoms with van der Waals surface area (Å²) in [5.74, 6) is 1.70. The van der Waals surface area contributed by atoms with Crippen molar-refractivity contribution in [2.24, 2.45) is 0 Å². The Morgan fingerprint density at radius 1 is 0.938 bits per heavy atom. The van der Waals surface area contributed by atoms with Crippen LogP contribution in [0.25, 0.3) is 0 Å². The molecule has 0 radical (unpaired) electrons. The lowest BCUT2D eigenvalue weighted by Gasteiger charge is -2.26. The van der Waals surface area contributed by atoms with Gasteiger partial charge >= 0.3 is 10.1 Å². The van der Waals surface area contributed by atoms with Crippen molar-refractivity contribution < 1.29 is 30.7 Å². The third-order valence-corrected chi connectivity index (χ3v) is 6.85. The molecule has 32 heavy (non-hydrogen) atoms. The van der Waals surface area contributed by atoms with Crippen molar-refractivity contribution in [3.8, 4) is 23.8 Å². The normalized spacial score (nSPS) is 12.5. The molecular formula is C22H27NO7S2. The highest BCUT2D eigenvalue weighted by molar-refractivity contribution is 7.87. The van der Waals surface area contributed by atoms with Crippen LogP contribution in [-0.2, 0) is 25.7 Å². The maximum atomic E-state index is 12.4. The van der Waals surface area contributed by atoms with Crippen molar-refractivity contribution in [1.29, 1.82) is 0 Å². The molecule has 2 N–H and O–H groups in total. The van der Waals surface area contributed by atoms with E-state index in [9.17, 15) is 21.9 Å². The molecule has 0 saturated heterocycles. The fourth-order valence-electron chi connectivity index (χ4n) is 3.04. The Labute approximate surface area is 189 Å². The van der Waals surface area contributed by atoms with Crippen LogP contribution in [0.4, 0.5) is 0 Å². The van der Waals surface area contributed by atoms with Gasteiger partial charge in [0.1, 0.15) is 11.5 Å². The molecule has 8 nitrogen and oxygen atoms in total. The third kappa shape index (κ3) is 7.84. The number of aromatic hydroxyl groups is 1. The van der Waals surface area contributed by atoms with Gasteiger partial charge < -0.3 is 9.29 Å². The summed E-state index contributed by atoms with van der Waals surface area (Å²) in [4.78, 5) is 1.43. The van der Waals surface area contributed by atoms with Crippen molar-refractivity contribution in [2.45, 2.75) is 19.3 Å². The molecule has 0 spiro atoms. The molecule has 2 rings (SSSR count). The lowest BCUT2D eigenvalue weighted by Crippen LogP contribution is -2.34. The van der Waals surface area contributed by atoms with Gasteiger partial charge in [-0.25, -0.2) is 0 Å². The van der Waals surface area contributed by atoms with Gasteiger partial charge in [-0.3, -0.25) is 9.45 Å². The summed E-state index contributed by atoms with van der Waals surface area (Å²) in [6, 6.07) is 13.5. The van der Waals surface area contributed by atoms with Crippen LogP contribution in [0.1, 0.15) is 25.0 Å². The minimum Gasteiger partial charge on any atom is -0.508 e. The maximum absolute atomic E-state index is 12.4. The molecular weight excluding hydrogens is 454 g/mol. The predicted molar refractivity (Wildman–Crippen MR) is 123 cm³/mol. The molecule has 0 unspecified atom stereocenters. The van der Waals surface area contributed by atoms with Gasteiger partial charge in [-0.1, -0.05) is 44.0 Å². The van der Waals surface area contributed by atoms with E-state index in [-0.39, 0.29) is 36.5 Å². The third-order valence-electron chi connectivity index (χ3n) is 5.03. The predicted octanol–water partition coefficient (Wildman–Crippen LogP) is 2.25. The average Bonchev–Trinajstić information content (AvgIpc) is 2.70. The van der Waals surface area contributed by atoms with Gasteiger partial charge in [-0.05, 0) is 35.4 Å². The number of benzene rings is 2. The molecule has 0 atom stereocenters. The molecule has 0 aliphatic carbocycles. The first-order valence-electron chi connectivity index (χ1n) is 9.75. The average molecular weight is 482 g/mol. The van der Waals surface area contributed by atoms with Crippen molar-refractivity contribution in [3.05, 3.63) is 59.7 Å². The number of rotatable bonds is 11. The summed E-state index contributed by atoms with van der Waals surface area (Å²) in [6.45, 7) is 3.91. The monoisotopic (exact) mass is 481 g/mol. The minimum atomic E-state index is -4.18. The Morgan fingerprint density at radius 3 is 1.94 bits per heavy atom. The Kier molecular flexibility index (Phi) is 8.31. The summed E-state index contributed by atoms with van der Waals surface area (Å²) < 4.78 is 60.5. The topological polar surface area (TPSA) is 121 Å². The van der Waals surface area contributed by atoms with Crippen LogP contribution in [0, 0.1) is 12.3 Å². The maximum Gasteiger partial charge on any atom is 0.310 e. The number of terminal acetylenes is 1. The largest absolute Gasteiger partial charge is 0.508 e. The molecule has 0 bridgehead atoms. The molecule has 0 aliphatic heterocycles. The first-order chi connectivity index (χ1) is 14.8. The van der Waals surface area contributed by atoms with E-state index in [0.29, 0.717) is 0 Å². The highest BCUT2D eigenvalue weighted by Gasteiger charge is 2.24. The Hall–Kier alpha value is -2.58. The van der Waals surface area contributed by atoms with Crippen molar-refractivity contribution in [1.82, 2.24) is 4.90 Å². The quantitative estimate of drug-likeness (QED) is 0.285. The molecule has 174 valence electrons. The van der Waals surface area contributed by atoms with Crippen LogP contribution in [0.15, 0.2) is 48.5 Å². The van der Waals surface area contributed by atoms with Gasteiger partial charge in [-0.15, -0.1) is 6.42 Å². The van der Waals surface area contributed by atoms with E-state index in [1.54, 1.807) is 36.4 Å². The molecule has 2 aromatic rings. The van der Waals surface area contributed by atoms with Crippen LogP contribution in [0.2, 0.25) is 0 Å². The van der Waals surface area contributed by atoms with Crippen LogP contribution >= 0.6 is 0 Å². The molecule has 0 amide bonds. The molecule has 0 saturated carbocycles. The minimum absolute atomic E-state index is 0.0338. The first-order valence-corrected chi connectivity index (χ1v) is 12.9. The SMILES string of the molecule is C#CCN(CCS(=O)(=O)O)CCS(=O)(=O)Oc1ccc(C(C)(C)c2ccc(O)cc2)cc1. The number of hydrogen-bond acceptors (Lipinski definition) is 7. The first kappa shape index (κ1) is 25.7. The molecule has 0 aliphatic rings. The number of phenols is 1. The zero-order valence-corrected chi connectivity index (χ0v) is 19.6. The van der Waals surface area contributed by atoms with E-state index in [1.807, 2.05) is 26.0 Å². The van der Waals surface area contributed by atoms with Crippen LogP contribution in [-0.4, -0.2) is 62.5 Å². The fourth-order valence-corrected chi connectivity index (χ4v) is 4.50. The summed E-state index contributed by atoms with van der Waals surface area (Å²) >= 11 is 0. The molecule has 0 heterocycles. The van der Waals surface area contributed by atoms with Crippen molar-refractivity contribution in [2.75, 3.05) is 31.1 Å². The van der Waals surface area contributed by atoms with E-state index in [2.05, 4.69) is 5.92 Å². The molecule has 0 aromatic heterocycles. The summed E-state index contributed by atoms with van der Waals surface area (Å²) in [6.07, 6.45) is 5.23. The highest BCUT2D eigenvalue weighted by atomic mass is 32.2. The van der Waals surface area contributed by atoms with Crippen molar-refractivity contribution in [3.63, 3.8) is 0 Å². The lowest BCUT2D eigenvalue weighted by molar-refractivity contribution is 0.336. The fraction of sp³-hybridized carbons (Fsp3) is 0.364. The van der Waals surface area contributed by atoms with Crippen molar-refractivity contribution >= 4 is 20.2 Å². The second kappa shape index (κ2) is 10.4. The van der Waals surface area contributed by atoms with Gasteiger partial charge in [0.05, 0.1) is 18.1 Å². The number of phenolic OH excluding ortho intramolecular Hbond substituents is 1. The van der Waals surface area contributed by atoms with E-state index < -0.39 is 31.7 Å². The smallest absolute Gasteiger partial charge is 0.310 e. The van der Waals surface area contributed by atoms with Gasteiger partial charge in [-0.2, -0.15) is 16.8 Å². The Morgan fingerprint density at radius 2 is 1.44 bits per heavy atom. The summed E-state index contributed by atoms with van der Waals surface area (Å²) in [7, 11) is -8.14. The van der Waals surface area contributed by atoms with E-state index in [4.69, 9.17) is 15.2 Å². The zero-order chi connectivity index (χ0) is 24.0. The van der Waals surface area contributed by atoms with E-state index in [0.717, 1.165) is 11.1 Å². The van der Waals surface area contributed by atoms with Gasteiger partial charge in [0.25, 0.3) is 10.1 Å². The highest BCUT2D eigenvalue weighted by Crippen LogP contribution is 2.33. The second-order valence-corrected chi connectivity index (χ2v) is 11.1. The van der Waals surface area contributed by atoms with Gasteiger partial charge in [0.2, 0.25) is 0 Å². The van der Waals surface area contributed by atoms with E-state index in [1.165, 1.54) is 4.90 Å². The summed E-state index contributed by atoms with van der Waals surface area (Å²) in [5, 5.41) is 9.49. The Bertz CT molecular complexity index is 1150. The standard InChI is InChI=1S/C22H27NO7S2/c1-4-13-23(14-16-31(25,26)27)15-17-32(28,29)30-21-11-7-19(8-12-21)22(2,3)18-5-9-20(24)10-6-18/h1,5-12,24H,13-17H2,2-3H3,(H,25,26,27).